The average molecular weight is 390 g/mol. The molecule has 6 nitrogen and oxygen atoms in total. The molecule has 29 heavy (non-hydrogen) atoms. The van der Waals surface area contributed by atoms with Crippen LogP contribution in [-0.2, 0) is 29.6 Å². The van der Waals surface area contributed by atoms with Crippen molar-refractivity contribution in [2.75, 3.05) is 0 Å². The molecule has 0 spiro atoms. The molecule has 0 aliphatic heterocycles. The van der Waals surface area contributed by atoms with E-state index in [9.17, 15) is 4.79 Å². The summed E-state index contributed by atoms with van der Waals surface area (Å²) in [6.07, 6.45) is 8.72. The summed E-state index contributed by atoms with van der Waals surface area (Å²) in [5.41, 5.74) is 4.49. The first-order valence-corrected chi connectivity index (χ1v) is 10.5. The highest BCUT2D eigenvalue weighted by molar-refractivity contribution is 6.14. The Balaban J connectivity index is 1.57. The molecule has 0 bridgehead atoms. The smallest absolute Gasteiger partial charge is 0.338 e. The second-order valence-corrected chi connectivity index (χ2v) is 8.27. The fourth-order valence-electron chi connectivity index (χ4n) is 4.62. The van der Waals surface area contributed by atoms with Crippen molar-refractivity contribution in [1.29, 1.82) is 0 Å². The quantitative estimate of drug-likeness (QED) is 0.500. The highest BCUT2D eigenvalue weighted by Crippen LogP contribution is 2.35. The number of oxime groups is 1. The second-order valence-electron chi connectivity index (χ2n) is 8.27. The van der Waals surface area contributed by atoms with Gasteiger partial charge in [-0.05, 0) is 38.7 Å². The van der Waals surface area contributed by atoms with Gasteiger partial charge in [0.15, 0.2) is 0 Å². The van der Waals surface area contributed by atoms with Gasteiger partial charge in [-0.15, -0.1) is 0 Å². The zero-order chi connectivity index (χ0) is 20.0. The van der Waals surface area contributed by atoms with E-state index in [1.54, 1.807) is 0 Å². The SMILES string of the molecule is Cc1nccn1CC1CCc2c(c3ccccc3n2C)C1=NOC(=O)C1CCC1. The van der Waals surface area contributed by atoms with Crippen molar-refractivity contribution in [2.24, 2.45) is 24.0 Å². The Bertz CT molecular complexity index is 1100. The Morgan fingerprint density at radius 1 is 1.28 bits per heavy atom. The standard InChI is InChI=1S/C23H26N4O2/c1-15-24-12-13-27(15)14-17-10-11-20-21(18-8-3-4-9-19(18)26(20)2)22(17)25-29-23(28)16-6-5-7-16/h3-4,8-9,12-13,16-17H,5-7,10-11,14H2,1-2H3. The summed E-state index contributed by atoms with van der Waals surface area (Å²) in [7, 11) is 2.11. The van der Waals surface area contributed by atoms with E-state index in [0.717, 1.165) is 55.7 Å². The highest BCUT2D eigenvalue weighted by Gasteiger charge is 2.33. The third kappa shape index (κ3) is 3.07. The Morgan fingerprint density at radius 3 is 2.83 bits per heavy atom. The molecule has 1 saturated carbocycles. The Kier molecular flexibility index (Phi) is 4.49. The second kappa shape index (κ2) is 7.17. The van der Waals surface area contributed by atoms with Crippen molar-refractivity contribution in [3.63, 3.8) is 0 Å². The third-order valence-corrected chi connectivity index (χ3v) is 6.61. The van der Waals surface area contributed by atoms with Crippen LogP contribution in [-0.4, -0.2) is 25.8 Å². The van der Waals surface area contributed by atoms with Crippen LogP contribution in [0.15, 0.2) is 41.8 Å². The molecule has 0 radical (unpaired) electrons. The van der Waals surface area contributed by atoms with Crippen LogP contribution in [0, 0.1) is 18.8 Å². The van der Waals surface area contributed by atoms with Gasteiger partial charge in [-0.2, -0.15) is 0 Å². The molecule has 2 heterocycles. The van der Waals surface area contributed by atoms with Crippen molar-refractivity contribution in [3.05, 3.63) is 53.7 Å². The van der Waals surface area contributed by atoms with E-state index in [-0.39, 0.29) is 17.8 Å². The van der Waals surface area contributed by atoms with E-state index in [1.807, 2.05) is 19.3 Å². The van der Waals surface area contributed by atoms with E-state index in [0.29, 0.717) is 0 Å². The minimum atomic E-state index is -0.186. The minimum Gasteiger partial charge on any atom is -0.347 e. The molecule has 3 aromatic rings. The van der Waals surface area contributed by atoms with Gasteiger partial charge in [0.05, 0.1) is 11.6 Å². The topological polar surface area (TPSA) is 61.4 Å². The molecular formula is C23H26N4O2. The van der Waals surface area contributed by atoms with Gasteiger partial charge in [-0.25, -0.2) is 9.78 Å². The van der Waals surface area contributed by atoms with Crippen molar-refractivity contribution in [3.8, 4) is 0 Å². The number of hydrogen-bond acceptors (Lipinski definition) is 4. The van der Waals surface area contributed by atoms with Crippen molar-refractivity contribution >= 4 is 22.6 Å². The molecule has 1 aromatic carbocycles. The van der Waals surface area contributed by atoms with Crippen LogP contribution in [0.4, 0.5) is 0 Å². The molecule has 6 heteroatoms. The first-order valence-electron chi connectivity index (χ1n) is 10.5. The van der Waals surface area contributed by atoms with Gasteiger partial charge in [0.1, 0.15) is 5.82 Å². The normalized spacial score (nSPS) is 20.6. The van der Waals surface area contributed by atoms with E-state index < -0.39 is 0 Å². The highest BCUT2D eigenvalue weighted by atomic mass is 16.7. The predicted octanol–water partition coefficient (Wildman–Crippen LogP) is 3.99. The maximum atomic E-state index is 12.4. The zero-order valence-electron chi connectivity index (χ0n) is 17.0. The molecule has 1 fully saturated rings. The number of para-hydroxylation sites is 1. The molecule has 150 valence electrons. The molecule has 2 aliphatic rings. The summed E-state index contributed by atoms with van der Waals surface area (Å²) in [5, 5.41) is 5.68. The van der Waals surface area contributed by atoms with Gasteiger partial charge < -0.3 is 14.0 Å². The van der Waals surface area contributed by atoms with E-state index >= 15 is 0 Å². The van der Waals surface area contributed by atoms with Gasteiger partial charge in [-0.1, -0.05) is 29.8 Å². The van der Waals surface area contributed by atoms with E-state index in [1.165, 1.54) is 16.6 Å². The molecule has 2 aromatic heterocycles. The van der Waals surface area contributed by atoms with Crippen molar-refractivity contribution in [1.82, 2.24) is 14.1 Å². The molecule has 2 aliphatic carbocycles. The van der Waals surface area contributed by atoms with Crippen molar-refractivity contribution < 1.29 is 9.63 Å². The number of fused-ring (bicyclic) bond motifs is 3. The lowest BCUT2D eigenvalue weighted by Crippen LogP contribution is -2.29. The van der Waals surface area contributed by atoms with Crippen LogP contribution in [0.3, 0.4) is 0 Å². The van der Waals surface area contributed by atoms with Gasteiger partial charge in [0, 0.05) is 54.1 Å². The third-order valence-electron chi connectivity index (χ3n) is 6.61. The van der Waals surface area contributed by atoms with Crippen LogP contribution >= 0.6 is 0 Å². The zero-order valence-corrected chi connectivity index (χ0v) is 17.0. The Labute approximate surface area is 170 Å². The molecule has 0 amide bonds. The monoisotopic (exact) mass is 390 g/mol. The summed E-state index contributed by atoms with van der Waals surface area (Å²) in [5.74, 6) is 0.993. The number of hydrogen-bond donors (Lipinski definition) is 0. The molecule has 1 atom stereocenters. The lowest BCUT2D eigenvalue weighted by atomic mass is 9.84. The Hall–Kier alpha value is -2.89. The number of aromatic nitrogens is 3. The lowest BCUT2D eigenvalue weighted by molar-refractivity contribution is -0.151. The fourth-order valence-corrected chi connectivity index (χ4v) is 4.62. The van der Waals surface area contributed by atoms with Crippen LogP contribution in [0.5, 0.6) is 0 Å². The minimum absolute atomic E-state index is 0.0178. The maximum absolute atomic E-state index is 12.4. The summed E-state index contributed by atoms with van der Waals surface area (Å²) in [4.78, 5) is 22.2. The van der Waals surface area contributed by atoms with Crippen LogP contribution in [0.2, 0.25) is 0 Å². The first kappa shape index (κ1) is 18.2. The Morgan fingerprint density at radius 2 is 2.10 bits per heavy atom. The van der Waals surface area contributed by atoms with E-state index in [4.69, 9.17) is 4.84 Å². The van der Waals surface area contributed by atoms with Gasteiger partial charge in [0.2, 0.25) is 0 Å². The average Bonchev–Trinajstić information content (AvgIpc) is 3.21. The van der Waals surface area contributed by atoms with Crippen LogP contribution < -0.4 is 0 Å². The van der Waals surface area contributed by atoms with Crippen LogP contribution in [0.1, 0.15) is 42.8 Å². The number of nitrogens with zero attached hydrogens (tertiary/aromatic N) is 4. The molecular weight excluding hydrogens is 364 g/mol. The number of rotatable bonds is 4. The van der Waals surface area contributed by atoms with Gasteiger partial charge >= 0.3 is 5.97 Å². The summed E-state index contributed by atoms with van der Waals surface area (Å²) in [6.45, 7) is 2.80. The summed E-state index contributed by atoms with van der Waals surface area (Å²) >= 11 is 0. The number of carbonyl (C=O) groups excluding carboxylic acids is 1. The number of aryl methyl sites for hydroxylation is 2. The van der Waals surface area contributed by atoms with E-state index in [2.05, 4.69) is 50.6 Å². The molecule has 5 rings (SSSR count). The summed E-state index contributed by atoms with van der Waals surface area (Å²) in [6, 6.07) is 8.40. The fraction of sp³-hybridized carbons (Fsp3) is 0.435. The molecule has 0 N–H and O–H groups in total. The summed E-state index contributed by atoms with van der Waals surface area (Å²) < 4.78 is 4.41. The van der Waals surface area contributed by atoms with Crippen molar-refractivity contribution in [2.45, 2.75) is 45.6 Å². The first-order chi connectivity index (χ1) is 14.1. The molecule has 1 unspecified atom stereocenters. The number of carbonyl (C=O) groups is 1. The van der Waals surface area contributed by atoms with Gasteiger partial charge in [0.25, 0.3) is 0 Å². The molecule has 0 saturated heterocycles. The van der Waals surface area contributed by atoms with Gasteiger partial charge in [-0.3, -0.25) is 0 Å². The lowest BCUT2D eigenvalue weighted by Gasteiger charge is -2.26. The number of imidazole rings is 1. The largest absolute Gasteiger partial charge is 0.347 e. The van der Waals surface area contributed by atoms with Crippen LogP contribution in [0.25, 0.3) is 10.9 Å². The maximum Gasteiger partial charge on any atom is 0.338 e. The predicted molar refractivity (Wildman–Crippen MR) is 112 cm³/mol. The number of benzene rings is 1.